The van der Waals surface area contributed by atoms with E-state index in [1.807, 2.05) is 30.3 Å². The molecule has 4 aromatic carbocycles. The highest BCUT2D eigenvalue weighted by Gasteiger charge is 2.16. The molecule has 0 aliphatic heterocycles. The van der Waals surface area contributed by atoms with Gasteiger partial charge in [0.1, 0.15) is 5.56 Å². The summed E-state index contributed by atoms with van der Waals surface area (Å²) in [6.07, 6.45) is 0. The molecule has 0 saturated carbocycles. The van der Waals surface area contributed by atoms with Crippen LogP contribution in [0.2, 0.25) is 0 Å². The number of ether oxygens (including phenoxy) is 1. The fourth-order valence-electron chi connectivity index (χ4n) is 3.78. The van der Waals surface area contributed by atoms with Crippen LogP contribution in [0.1, 0.15) is 10.4 Å². The summed E-state index contributed by atoms with van der Waals surface area (Å²) in [5.41, 5.74) is 2.12. The van der Waals surface area contributed by atoms with Gasteiger partial charge < -0.3 is 14.5 Å². The van der Waals surface area contributed by atoms with Gasteiger partial charge in [-0.1, -0.05) is 60.7 Å². The van der Waals surface area contributed by atoms with Crippen LogP contribution in [0.25, 0.3) is 32.9 Å². The van der Waals surface area contributed by atoms with Crippen molar-refractivity contribution in [2.75, 3.05) is 12.4 Å². The number of para-hydroxylation sites is 1. The van der Waals surface area contributed by atoms with Gasteiger partial charge in [0.25, 0.3) is 5.91 Å². The van der Waals surface area contributed by atoms with E-state index in [2.05, 4.69) is 35.6 Å². The summed E-state index contributed by atoms with van der Waals surface area (Å²) in [4.78, 5) is 25.3. The molecule has 0 aliphatic rings. The molecule has 5 rings (SSSR count). The molecule has 156 valence electrons. The Morgan fingerprint density at radius 3 is 2.38 bits per heavy atom. The van der Waals surface area contributed by atoms with Gasteiger partial charge in [0, 0.05) is 11.1 Å². The van der Waals surface area contributed by atoms with Crippen molar-refractivity contribution in [3.63, 3.8) is 0 Å². The Bertz CT molecular complexity index is 1530. The second-order valence-corrected chi connectivity index (χ2v) is 7.42. The smallest absolute Gasteiger partial charge is 0.349 e. The maximum atomic E-state index is 12.9. The van der Waals surface area contributed by atoms with Crippen molar-refractivity contribution in [2.45, 2.75) is 0 Å². The van der Waals surface area contributed by atoms with Gasteiger partial charge >= 0.3 is 5.63 Å². The van der Waals surface area contributed by atoms with Gasteiger partial charge in [0.05, 0.1) is 7.11 Å². The molecule has 1 heterocycles. The monoisotopic (exact) mass is 421 g/mol. The van der Waals surface area contributed by atoms with Gasteiger partial charge in [-0.3, -0.25) is 4.79 Å². The van der Waals surface area contributed by atoms with Crippen LogP contribution in [-0.4, -0.2) is 13.0 Å². The molecular weight excluding hydrogens is 402 g/mol. The van der Waals surface area contributed by atoms with Gasteiger partial charge in [0.15, 0.2) is 11.3 Å². The number of carbonyl (C=O) groups is 1. The lowest BCUT2D eigenvalue weighted by Crippen LogP contribution is -2.20. The highest BCUT2D eigenvalue weighted by Crippen LogP contribution is 2.27. The van der Waals surface area contributed by atoms with Crippen LogP contribution in [0.15, 0.2) is 100 Å². The molecule has 5 nitrogen and oxygen atoms in total. The Labute approximate surface area is 183 Å². The Balaban J connectivity index is 1.46. The second-order valence-electron chi connectivity index (χ2n) is 7.42. The van der Waals surface area contributed by atoms with Gasteiger partial charge in [-0.25, -0.2) is 4.79 Å². The van der Waals surface area contributed by atoms with E-state index < -0.39 is 11.5 Å². The minimum atomic E-state index is -0.717. The number of nitrogens with one attached hydrogen (secondary N) is 1. The Morgan fingerprint density at radius 1 is 0.781 bits per heavy atom. The number of hydrogen-bond acceptors (Lipinski definition) is 4. The number of methoxy groups -OCH3 is 1. The summed E-state index contributed by atoms with van der Waals surface area (Å²) < 4.78 is 10.6. The highest BCUT2D eigenvalue weighted by molar-refractivity contribution is 6.06. The van der Waals surface area contributed by atoms with E-state index in [1.165, 1.54) is 18.6 Å². The molecule has 0 radical (unpaired) electrons. The van der Waals surface area contributed by atoms with E-state index in [1.54, 1.807) is 24.3 Å². The third-order valence-electron chi connectivity index (χ3n) is 5.39. The van der Waals surface area contributed by atoms with Crippen molar-refractivity contribution < 1.29 is 13.9 Å². The van der Waals surface area contributed by atoms with Crippen LogP contribution in [0.5, 0.6) is 5.75 Å². The Hall–Kier alpha value is -4.38. The number of hydrogen-bond donors (Lipinski definition) is 1. The minimum Gasteiger partial charge on any atom is -0.493 e. The van der Waals surface area contributed by atoms with E-state index in [0.29, 0.717) is 22.4 Å². The average Bonchev–Trinajstić information content (AvgIpc) is 2.83. The zero-order chi connectivity index (χ0) is 22.1. The maximum Gasteiger partial charge on any atom is 0.349 e. The average molecular weight is 421 g/mol. The SMILES string of the molecule is COc1cccc2cc(C(=O)Nc3cccc(-c4ccc5ccccc5c4)c3)c(=O)oc12. The first-order chi connectivity index (χ1) is 15.6. The summed E-state index contributed by atoms with van der Waals surface area (Å²) in [5.74, 6) is -0.0891. The lowest BCUT2D eigenvalue weighted by atomic mass is 10.0. The van der Waals surface area contributed by atoms with Gasteiger partial charge in [0.2, 0.25) is 0 Å². The zero-order valence-corrected chi connectivity index (χ0v) is 17.3. The minimum absolute atomic E-state index is 0.0677. The number of fused-ring (bicyclic) bond motifs is 2. The van der Waals surface area contributed by atoms with Crippen molar-refractivity contribution in [2.24, 2.45) is 0 Å². The topological polar surface area (TPSA) is 68.5 Å². The van der Waals surface area contributed by atoms with Crippen LogP contribution in [0.3, 0.4) is 0 Å². The summed E-state index contributed by atoms with van der Waals surface area (Å²) in [7, 11) is 1.50. The Morgan fingerprint density at radius 2 is 1.53 bits per heavy atom. The fraction of sp³-hybridized carbons (Fsp3) is 0.0370. The van der Waals surface area contributed by atoms with E-state index in [4.69, 9.17) is 9.15 Å². The first-order valence-electron chi connectivity index (χ1n) is 10.1. The van der Waals surface area contributed by atoms with Crippen molar-refractivity contribution in [3.05, 3.63) is 107 Å². The largest absolute Gasteiger partial charge is 0.493 e. The van der Waals surface area contributed by atoms with E-state index in [-0.39, 0.29) is 5.56 Å². The van der Waals surface area contributed by atoms with E-state index in [0.717, 1.165) is 16.5 Å². The summed E-state index contributed by atoms with van der Waals surface area (Å²) >= 11 is 0. The Kier molecular flexibility index (Phi) is 4.92. The molecule has 5 heteroatoms. The van der Waals surface area contributed by atoms with Crippen LogP contribution in [0, 0.1) is 0 Å². The number of benzene rings is 4. The molecule has 32 heavy (non-hydrogen) atoms. The standard InChI is InChI=1S/C27H19NO4/c1-31-24-11-5-9-21-16-23(27(30)32-25(21)24)26(29)28-22-10-4-8-19(15-22)20-13-12-17-6-2-3-7-18(17)14-20/h2-16H,1H3,(H,28,29). The zero-order valence-electron chi connectivity index (χ0n) is 17.3. The number of anilines is 1. The molecule has 0 saturated heterocycles. The lowest BCUT2D eigenvalue weighted by Gasteiger charge is -2.09. The molecule has 0 bridgehead atoms. The lowest BCUT2D eigenvalue weighted by molar-refractivity contribution is 0.102. The van der Waals surface area contributed by atoms with Crippen LogP contribution in [-0.2, 0) is 0 Å². The molecule has 1 aromatic heterocycles. The first kappa shape index (κ1) is 19.6. The third kappa shape index (κ3) is 3.61. The molecule has 0 atom stereocenters. The van der Waals surface area contributed by atoms with Gasteiger partial charge in [-0.15, -0.1) is 0 Å². The molecular formula is C27H19NO4. The number of rotatable bonds is 4. The predicted molar refractivity (Wildman–Crippen MR) is 126 cm³/mol. The molecule has 1 N–H and O–H groups in total. The summed E-state index contributed by atoms with van der Waals surface area (Å²) in [5, 5.41) is 5.73. The summed E-state index contributed by atoms with van der Waals surface area (Å²) in [6, 6.07) is 28.7. The molecule has 0 spiro atoms. The molecule has 5 aromatic rings. The second kappa shape index (κ2) is 8.04. The molecule has 0 unspecified atom stereocenters. The van der Waals surface area contributed by atoms with Crippen LogP contribution < -0.4 is 15.7 Å². The quantitative estimate of drug-likeness (QED) is 0.368. The predicted octanol–water partition coefficient (Wildman–Crippen LogP) is 5.87. The molecule has 0 aliphatic carbocycles. The van der Waals surface area contributed by atoms with E-state index >= 15 is 0 Å². The maximum absolute atomic E-state index is 12.9. The van der Waals surface area contributed by atoms with Crippen molar-refractivity contribution in [1.82, 2.24) is 0 Å². The normalized spacial score (nSPS) is 10.9. The van der Waals surface area contributed by atoms with Gasteiger partial charge in [-0.2, -0.15) is 0 Å². The molecule has 0 fully saturated rings. The summed E-state index contributed by atoms with van der Waals surface area (Å²) in [6.45, 7) is 0. The van der Waals surface area contributed by atoms with E-state index in [9.17, 15) is 9.59 Å². The molecule has 1 amide bonds. The van der Waals surface area contributed by atoms with Crippen molar-refractivity contribution in [1.29, 1.82) is 0 Å². The van der Waals surface area contributed by atoms with Crippen molar-refractivity contribution in [3.8, 4) is 16.9 Å². The highest BCUT2D eigenvalue weighted by atomic mass is 16.5. The van der Waals surface area contributed by atoms with Crippen LogP contribution in [0.4, 0.5) is 5.69 Å². The van der Waals surface area contributed by atoms with Gasteiger partial charge in [-0.05, 0) is 52.2 Å². The first-order valence-corrected chi connectivity index (χ1v) is 10.1. The van der Waals surface area contributed by atoms with Crippen LogP contribution >= 0.6 is 0 Å². The van der Waals surface area contributed by atoms with Crippen molar-refractivity contribution >= 4 is 33.3 Å². The number of carbonyl (C=O) groups excluding carboxylic acids is 1. The fourth-order valence-corrected chi connectivity index (χ4v) is 3.78. The third-order valence-corrected chi connectivity index (χ3v) is 5.39. The number of amides is 1.